The Morgan fingerprint density at radius 3 is 2.67 bits per heavy atom. The number of carbonyl (C=O) groups is 1. The van der Waals surface area contributed by atoms with Gasteiger partial charge < -0.3 is 10.2 Å². The Morgan fingerprint density at radius 1 is 1.39 bits per heavy atom. The van der Waals surface area contributed by atoms with E-state index in [0.717, 1.165) is 45.0 Å². The molecule has 2 rings (SSSR count). The summed E-state index contributed by atoms with van der Waals surface area (Å²) in [5.41, 5.74) is 0. The average molecular weight is 271 g/mol. The summed E-state index contributed by atoms with van der Waals surface area (Å²) >= 11 is 1.76. The molecule has 0 radical (unpaired) electrons. The third-order valence-corrected chi connectivity index (χ3v) is 4.85. The molecule has 18 heavy (non-hydrogen) atoms. The minimum absolute atomic E-state index is 0.166. The summed E-state index contributed by atoms with van der Waals surface area (Å²) in [7, 11) is 0. The summed E-state index contributed by atoms with van der Waals surface area (Å²) < 4.78 is 0. The first-order valence-corrected chi connectivity index (χ1v) is 8.34. The Balaban J connectivity index is 1.77. The lowest BCUT2D eigenvalue weighted by Gasteiger charge is -2.38. The van der Waals surface area contributed by atoms with Crippen LogP contribution >= 0.6 is 11.8 Å². The van der Waals surface area contributed by atoms with Gasteiger partial charge in [-0.2, -0.15) is 11.8 Å². The first-order chi connectivity index (χ1) is 8.72. The molecule has 0 spiro atoms. The van der Waals surface area contributed by atoms with Crippen molar-refractivity contribution in [2.45, 2.75) is 19.4 Å². The van der Waals surface area contributed by atoms with Gasteiger partial charge in [-0.1, -0.05) is 6.92 Å². The van der Waals surface area contributed by atoms with Crippen LogP contribution in [0.2, 0.25) is 0 Å². The third-order valence-electron chi connectivity index (χ3n) is 4.01. The van der Waals surface area contributed by atoms with Crippen molar-refractivity contribution >= 4 is 17.7 Å². The second-order valence-corrected chi connectivity index (χ2v) is 6.27. The molecule has 0 aliphatic carbocycles. The maximum atomic E-state index is 12.2. The van der Waals surface area contributed by atoms with E-state index in [-0.39, 0.29) is 5.92 Å². The molecule has 0 bridgehead atoms. The van der Waals surface area contributed by atoms with E-state index in [2.05, 4.69) is 21.4 Å². The van der Waals surface area contributed by atoms with E-state index >= 15 is 0 Å². The molecule has 1 amide bonds. The van der Waals surface area contributed by atoms with E-state index in [1.807, 2.05) is 6.92 Å². The van der Waals surface area contributed by atoms with Crippen LogP contribution in [0.3, 0.4) is 0 Å². The standard InChI is InChI=1S/C13H25N3OS/c1-11(10-18-2)13(17)16-7-5-15(6-8-16)12-3-4-14-9-12/h11-12,14H,3-10H2,1-2H3. The number of piperazine rings is 1. The molecule has 2 aliphatic rings. The minimum Gasteiger partial charge on any atom is -0.340 e. The summed E-state index contributed by atoms with van der Waals surface area (Å²) in [6.07, 6.45) is 3.33. The van der Waals surface area contributed by atoms with Gasteiger partial charge in [0, 0.05) is 50.4 Å². The molecular formula is C13H25N3OS. The molecule has 2 unspecified atom stereocenters. The number of hydrogen-bond donors (Lipinski definition) is 1. The average Bonchev–Trinajstić information content (AvgIpc) is 2.92. The van der Waals surface area contributed by atoms with E-state index in [1.165, 1.54) is 6.42 Å². The number of rotatable bonds is 4. The molecule has 2 fully saturated rings. The number of carbonyl (C=O) groups excluding carboxylic acids is 1. The first kappa shape index (κ1) is 14.2. The second kappa shape index (κ2) is 6.78. The maximum Gasteiger partial charge on any atom is 0.226 e. The highest BCUT2D eigenvalue weighted by Crippen LogP contribution is 2.15. The Hall–Kier alpha value is -0.260. The summed E-state index contributed by atoms with van der Waals surface area (Å²) in [5, 5.41) is 3.41. The zero-order valence-corrected chi connectivity index (χ0v) is 12.3. The van der Waals surface area contributed by atoms with Gasteiger partial charge in [-0.05, 0) is 19.2 Å². The first-order valence-electron chi connectivity index (χ1n) is 6.95. The third kappa shape index (κ3) is 3.39. The summed E-state index contributed by atoms with van der Waals surface area (Å²) in [6.45, 7) is 8.23. The number of nitrogens with zero attached hydrogens (tertiary/aromatic N) is 2. The Bertz CT molecular complexity index is 273. The smallest absolute Gasteiger partial charge is 0.226 e. The van der Waals surface area contributed by atoms with Gasteiger partial charge in [-0.25, -0.2) is 0 Å². The molecule has 2 saturated heterocycles. The van der Waals surface area contributed by atoms with Gasteiger partial charge in [0.25, 0.3) is 0 Å². The van der Waals surface area contributed by atoms with Crippen molar-refractivity contribution in [2.75, 3.05) is 51.3 Å². The Labute approximate surface area is 114 Å². The van der Waals surface area contributed by atoms with E-state index in [1.54, 1.807) is 11.8 Å². The lowest BCUT2D eigenvalue weighted by molar-refractivity contribution is -0.136. The van der Waals surface area contributed by atoms with Crippen LogP contribution < -0.4 is 5.32 Å². The van der Waals surface area contributed by atoms with E-state index in [4.69, 9.17) is 0 Å². The largest absolute Gasteiger partial charge is 0.340 e. The van der Waals surface area contributed by atoms with Crippen molar-refractivity contribution in [3.63, 3.8) is 0 Å². The Kier molecular flexibility index (Phi) is 5.33. The fourth-order valence-electron chi connectivity index (χ4n) is 2.89. The van der Waals surface area contributed by atoms with Gasteiger partial charge in [0.2, 0.25) is 5.91 Å². The Morgan fingerprint density at radius 2 is 2.11 bits per heavy atom. The molecule has 0 aromatic heterocycles. The molecule has 0 saturated carbocycles. The quantitative estimate of drug-likeness (QED) is 0.807. The normalized spacial score (nSPS) is 27.4. The van der Waals surface area contributed by atoms with Crippen LogP contribution in [0.25, 0.3) is 0 Å². The van der Waals surface area contributed by atoms with Crippen molar-refractivity contribution in [3.05, 3.63) is 0 Å². The highest BCUT2D eigenvalue weighted by molar-refractivity contribution is 7.98. The van der Waals surface area contributed by atoms with Gasteiger partial charge >= 0.3 is 0 Å². The van der Waals surface area contributed by atoms with Crippen LogP contribution in [0.4, 0.5) is 0 Å². The lowest BCUT2D eigenvalue weighted by atomic mass is 10.1. The minimum atomic E-state index is 0.166. The fourth-order valence-corrected chi connectivity index (χ4v) is 3.53. The van der Waals surface area contributed by atoms with Crippen LogP contribution in [0, 0.1) is 5.92 Å². The van der Waals surface area contributed by atoms with Crippen LogP contribution in [0.1, 0.15) is 13.3 Å². The van der Waals surface area contributed by atoms with Gasteiger partial charge in [0.15, 0.2) is 0 Å². The van der Waals surface area contributed by atoms with Crippen LogP contribution in [-0.2, 0) is 4.79 Å². The van der Waals surface area contributed by atoms with Crippen molar-refractivity contribution in [1.29, 1.82) is 0 Å². The zero-order valence-electron chi connectivity index (χ0n) is 11.5. The highest BCUT2D eigenvalue weighted by Gasteiger charge is 2.29. The molecule has 1 N–H and O–H groups in total. The van der Waals surface area contributed by atoms with Crippen LogP contribution in [-0.4, -0.2) is 73.0 Å². The molecule has 2 heterocycles. The SMILES string of the molecule is CSCC(C)C(=O)N1CCN(C2CCNC2)CC1. The van der Waals surface area contributed by atoms with Gasteiger partial charge in [-0.15, -0.1) is 0 Å². The predicted molar refractivity (Wildman–Crippen MR) is 77.0 cm³/mol. The van der Waals surface area contributed by atoms with E-state index < -0.39 is 0 Å². The monoisotopic (exact) mass is 271 g/mol. The maximum absolute atomic E-state index is 12.2. The van der Waals surface area contributed by atoms with Gasteiger partial charge in [0.05, 0.1) is 0 Å². The molecule has 4 nitrogen and oxygen atoms in total. The molecule has 104 valence electrons. The zero-order chi connectivity index (χ0) is 13.0. The topological polar surface area (TPSA) is 35.6 Å². The van der Waals surface area contributed by atoms with Gasteiger partial charge in [0.1, 0.15) is 0 Å². The molecular weight excluding hydrogens is 246 g/mol. The summed E-state index contributed by atoms with van der Waals surface area (Å²) in [4.78, 5) is 16.8. The molecule has 0 aromatic carbocycles. The van der Waals surface area contributed by atoms with Crippen LogP contribution in [0.15, 0.2) is 0 Å². The second-order valence-electron chi connectivity index (χ2n) is 5.36. The fraction of sp³-hybridized carbons (Fsp3) is 0.923. The van der Waals surface area contributed by atoms with Crippen molar-refractivity contribution in [3.8, 4) is 0 Å². The van der Waals surface area contributed by atoms with E-state index in [9.17, 15) is 4.79 Å². The molecule has 0 aromatic rings. The van der Waals surface area contributed by atoms with Crippen molar-refractivity contribution < 1.29 is 4.79 Å². The molecule has 2 aliphatic heterocycles. The van der Waals surface area contributed by atoms with E-state index in [0.29, 0.717) is 11.9 Å². The van der Waals surface area contributed by atoms with Crippen molar-refractivity contribution in [2.24, 2.45) is 5.92 Å². The molecule has 5 heteroatoms. The summed E-state index contributed by atoms with van der Waals surface area (Å²) in [5.74, 6) is 1.44. The number of thioether (sulfide) groups is 1. The summed E-state index contributed by atoms with van der Waals surface area (Å²) in [6, 6.07) is 0.700. The van der Waals surface area contributed by atoms with Crippen LogP contribution in [0.5, 0.6) is 0 Å². The number of nitrogens with one attached hydrogen (secondary N) is 1. The predicted octanol–water partition coefficient (Wildman–Crippen LogP) is 0.492. The number of hydrogen-bond acceptors (Lipinski definition) is 4. The lowest BCUT2D eigenvalue weighted by Crippen LogP contribution is -2.53. The number of amides is 1. The van der Waals surface area contributed by atoms with Gasteiger partial charge in [-0.3, -0.25) is 9.69 Å². The highest BCUT2D eigenvalue weighted by atomic mass is 32.2. The van der Waals surface area contributed by atoms with Crippen molar-refractivity contribution in [1.82, 2.24) is 15.1 Å². The molecule has 2 atom stereocenters.